The minimum Gasteiger partial charge on any atom is -0.407 e. The minimum absolute atomic E-state index is 0.121. The van der Waals surface area contributed by atoms with Crippen LogP contribution < -0.4 is 11.1 Å². The Kier molecular flexibility index (Phi) is 5.06. The molecule has 1 aromatic carbocycles. The van der Waals surface area contributed by atoms with Crippen LogP contribution in [-0.2, 0) is 11.3 Å². The zero-order chi connectivity index (χ0) is 19.6. The summed E-state index contributed by atoms with van der Waals surface area (Å²) < 4.78 is 8.14. The Bertz CT molecular complexity index is 1050. The van der Waals surface area contributed by atoms with Gasteiger partial charge in [-0.05, 0) is 26.3 Å². The van der Waals surface area contributed by atoms with Crippen molar-refractivity contribution in [2.45, 2.75) is 39.3 Å². The van der Waals surface area contributed by atoms with Crippen molar-refractivity contribution in [1.29, 1.82) is 0 Å². The van der Waals surface area contributed by atoms with Crippen LogP contribution in [0.3, 0.4) is 0 Å². The van der Waals surface area contributed by atoms with Gasteiger partial charge >= 0.3 is 5.76 Å². The lowest BCUT2D eigenvalue weighted by molar-refractivity contribution is -0.384. The minimum atomic E-state index is -0.608. The van der Waals surface area contributed by atoms with Gasteiger partial charge in [0.15, 0.2) is 5.58 Å². The number of anilines is 1. The van der Waals surface area contributed by atoms with E-state index >= 15 is 0 Å². The molecule has 1 N–H and O–H groups in total. The molecule has 2 aromatic heterocycles. The fraction of sp³-hybridized carbons (Fsp3) is 0.353. The predicted molar refractivity (Wildman–Crippen MR) is 97.6 cm³/mol. The van der Waals surface area contributed by atoms with Gasteiger partial charge in [0, 0.05) is 31.1 Å². The molecule has 3 rings (SSSR count). The number of aromatic nitrogens is 3. The van der Waals surface area contributed by atoms with E-state index in [1.165, 1.54) is 22.8 Å². The number of rotatable bonds is 7. The lowest BCUT2D eigenvalue weighted by atomic mass is 10.2. The summed E-state index contributed by atoms with van der Waals surface area (Å²) in [6.45, 7) is 4.19. The highest BCUT2D eigenvalue weighted by atomic mass is 16.6. The Morgan fingerprint density at radius 1 is 1.37 bits per heavy atom. The summed E-state index contributed by atoms with van der Waals surface area (Å²) in [6.07, 6.45) is 2.23. The number of nitro groups is 1. The lowest BCUT2D eigenvalue weighted by Gasteiger charge is -2.11. The molecule has 0 aliphatic carbocycles. The number of carbonyl (C=O) groups is 1. The van der Waals surface area contributed by atoms with Crippen molar-refractivity contribution in [2.24, 2.45) is 0 Å². The van der Waals surface area contributed by atoms with Crippen molar-refractivity contribution in [3.63, 3.8) is 0 Å². The third kappa shape index (κ3) is 3.89. The summed E-state index contributed by atoms with van der Waals surface area (Å²) in [5, 5.41) is 17.8. The molecule has 10 nitrogen and oxygen atoms in total. The third-order valence-electron chi connectivity index (χ3n) is 4.08. The summed E-state index contributed by atoms with van der Waals surface area (Å²) in [5.41, 5.74) is 0.466. The third-order valence-corrected chi connectivity index (χ3v) is 4.08. The number of fused-ring (bicyclic) bond motifs is 1. The number of nitro benzene ring substituents is 1. The Balaban J connectivity index is 1.64. The summed E-state index contributed by atoms with van der Waals surface area (Å²) in [4.78, 5) is 34.4. The molecule has 0 saturated heterocycles. The van der Waals surface area contributed by atoms with Crippen molar-refractivity contribution in [2.75, 3.05) is 5.32 Å². The lowest BCUT2D eigenvalue weighted by Crippen LogP contribution is -2.18. The second-order valence-corrected chi connectivity index (χ2v) is 6.34. The molecule has 10 heteroatoms. The van der Waals surface area contributed by atoms with Gasteiger partial charge in [-0.3, -0.25) is 19.5 Å². The number of nitrogens with zero attached hydrogens (tertiary/aromatic N) is 4. The topological polar surface area (TPSA) is 125 Å². The van der Waals surface area contributed by atoms with E-state index in [-0.39, 0.29) is 36.2 Å². The van der Waals surface area contributed by atoms with E-state index in [0.29, 0.717) is 17.8 Å². The van der Waals surface area contributed by atoms with Gasteiger partial charge in [0.1, 0.15) is 5.82 Å². The number of amides is 1. The number of aryl methyl sites for hydroxylation is 1. The van der Waals surface area contributed by atoms with Crippen LogP contribution in [0.5, 0.6) is 0 Å². The molecule has 0 aliphatic rings. The van der Waals surface area contributed by atoms with Gasteiger partial charge in [0.25, 0.3) is 5.69 Å². The number of nitrogens with one attached hydrogen (secondary N) is 1. The number of hydrogen-bond donors (Lipinski definition) is 1. The Hall–Kier alpha value is -3.43. The van der Waals surface area contributed by atoms with Gasteiger partial charge in [-0.1, -0.05) is 0 Å². The second-order valence-electron chi connectivity index (χ2n) is 6.34. The van der Waals surface area contributed by atoms with Gasteiger partial charge < -0.3 is 9.73 Å². The van der Waals surface area contributed by atoms with Crippen molar-refractivity contribution in [1.82, 2.24) is 14.3 Å². The number of oxazole rings is 1. The molecular formula is C17H19N5O5. The van der Waals surface area contributed by atoms with Gasteiger partial charge in [-0.15, -0.1) is 0 Å². The Labute approximate surface area is 153 Å². The van der Waals surface area contributed by atoms with Crippen molar-refractivity contribution in [3.8, 4) is 0 Å². The molecule has 0 unspecified atom stereocenters. The summed E-state index contributed by atoms with van der Waals surface area (Å²) in [5.74, 6) is -0.175. The highest BCUT2D eigenvalue weighted by Crippen LogP contribution is 2.20. The van der Waals surface area contributed by atoms with E-state index in [0.717, 1.165) is 0 Å². The fourth-order valence-corrected chi connectivity index (χ4v) is 2.81. The maximum Gasteiger partial charge on any atom is 0.419 e. The van der Waals surface area contributed by atoms with Gasteiger partial charge in [0.05, 0.1) is 22.7 Å². The first-order chi connectivity index (χ1) is 12.9. The monoisotopic (exact) mass is 373 g/mol. The van der Waals surface area contributed by atoms with E-state index in [4.69, 9.17) is 4.42 Å². The second kappa shape index (κ2) is 7.44. The number of hydrogen-bond acceptors (Lipinski definition) is 6. The summed E-state index contributed by atoms with van der Waals surface area (Å²) in [7, 11) is 0. The molecular weight excluding hydrogens is 354 g/mol. The van der Waals surface area contributed by atoms with Gasteiger partial charge in [-0.25, -0.2) is 9.48 Å². The molecule has 0 atom stereocenters. The average molecular weight is 373 g/mol. The average Bonchev–Trinajstić information content (AvgIpc) is 3.18. The van der Waals surface area contributed by atoms with Crippen molar-refractivity contribution >= 4 is 28.5 Å². The molecule has 0 spiro atoms. The quantitative estimate of drug-likeness (QED) is 0.501. The summed E-state index contributed by atoms with van der Waals surface area (Å²) >= 11 is 0. The van der Waals surface area contributed by atoms with Crippen LogP contribution in [0.1, 0.15) is 32.7 Å². The molecule has 27 heavy (non-hydrogen) atoms. The maximum atomic E-state index is 12.1. The predicted octanol–water partition coefficient (Wildman–Crippen LogP) is 2.70. The maximum absolute atomic E-state index is 12.1. The van der Waals surface area contributed by atoms with Crippen LogP contribution in [0.2, 0.25) is 0 Å². The molecule has 0 saturated carbocycles. The van der Waals surface area contributed by atoms with E-state index in [9.17, 15) is 19.7 Å². The number of carbonyl (C=O) groups excluding carboxylic acids is 1. The molecule has 3 aromatic rings. The van der Waals surface area contributed by atoms with Crippen LogP contribution in [-0.4, -0.2) is 25.2 Å². The van der Waals surface area contributed by atoms with Crippen LogP contribution in [0, 0.1) is 10.1 Å². The molecule has 0 fully saturated rings. The Morgan fingerprint density at radius 2 is 2.15 bits per heavy atom. The van der Waals surface area contributed by atoms with E-state index < -0.39 is 10.7 Å². The molecule has 0 radical (unpaired) electrons. The number of non-ortho nitro benzene ring substituents is 1. The smallest absolute Gasteiger partial charge is 0.407 e. The molecule has 142 valence electrons. The molecule has 2 heterocycles. The van der Waals surface area contributed by atoms with Gasteiger partial charge in [-0.2, -0.15) is 5.10 Å². The highest BCUT2D eigenvalue weighted by molar-refractivity contribution is 5.89. The first-order valence-corrected chi connectivity index (χ1v) is 8.48. The van der Waals surface area contributed by atoms with Crippen LogP contribution >= 0.6 is 0 Å². The van der Waals surface area contributed by atoms with Crippen molar-refractivity contribution in [3.05, 3.63) is 51.1 Å². The first kappa shape index (κ1) is 18.4. The van der Waals surface area contributed by atoms with Crippen LogP contribution in [0.4, 0.5) is 11.5 Å². The first-order valence-electron chi connectivity index (χ1n) is 8.48. The van der Waals surface area contributed by atoms with E-state index in [2.05, 4.69) is 10.4 Å². The Morgan fingerprint density at radius 3 is 2.85 bits per heavy atom. The largest absolute Gasteiger partial charge is 0.419 e. The standard InChI is InChI=1S/C17H19N5O5/c1-11(2)21-15(7-8-18-21)19-16(23)4-3-9-20-13-6-5-12(22(25)26)10-14(13)27-17(20)24/h5-8,10-11H,3-4,9H2,1-2H3,(H,19,23). The zero-order valence-electron chi connectivity index (χ0n) is 14.9. The van der Waals surface area contributed by atoms with E-state index in [1.54, 1.807) is 16.9 Å². The molecule has 0 aliphatic heterocycles. The molecule has 0 bridgehead atoms. The van der Waals surface area contributed by atoms with Crippen LogP contribution in [0.25, 0.3) is 11.1 Å². The van der Waals surface area contributed by atoms with Crippen LogP contribution in [0.15, 0.2) is 39.7 Å². The van der Waals surface area contributed by atoms with E-state index in [1.807, 2.05) is 13.8 Å². The van der Waals surface area contributed by atoms with Gasteiger partial charge in [0.2, 0.25) is 5.91 Å². The molecule has 1 amide bonds. The normalized spacial score (nSPS) is 11.2. The SMILES string of the molecule is CC(C)n1nccc1NC(=O)CCCn1c(=O)oc2cc([N+](=O)[O-])ccc21. The fourth-order valence-electron chi connectivity index (χ4n) is 2.81. The van der Waals surface area contributed by atoms with Crippen molar-refractivity contribution < 1.29 is 14.1 Å². The number of benzene rings is 1. The highest BCUT2D eigenvalue weighted by Gasteiger charge is 2.15. The zero-order valence-corrected chi connectivity index (χ0v) is 14.9. The summed E-state index contributed by atoms with van der Waals surface area (Å²) in [6, 6.07) is 5.84.